The lowest BCUT2D eigenvalue weighted by molar-refractivity contribution is -0.0167. The lowest BCUT2D eigenvalue weighted by Gasteiger charge is -2.24. The number of benzene rings is 1. The van der Waals surface area contributed by atoms with Crippen LogP contribution in [0.5, 0.6) is 5.75 Å². The minimum absolute atomic E-state index is 0.0327. The molecule has 2 aromatic heterocycles. The molecule has 8 nitrogen and oxygen atoms in total. The summed E-state index contributed by atoms with van der Waals surface area (Å²) in [5.41, 5.74) is 8.30. The summed E-state index contributed by atoms with van der Waals surface area (Å²) in [4.78, 5) is 7.96. The van der Waals surface area contributed by atoms with Gasteiger partial charge < -0.3 is 30.6 Å². The molecule has 1 aliphatic heterocycles. The number of aliphatic hydroxyl groups excluding tert-OH is 2. The van der Waals surface area contributed by atoms with Crippen molar-refractivity contribution >= 4 is 32.8 Å². The van der Waals surface area contributed by atoms with Crippen LogP contribution >= 0.6 is 15.9 Å². The molecule has 0 radical (unpaired) electrons. The van der Waals surface area contributed by atoms with Crippen LogP contribution in [-0.4, -0.2) is 49.6 Å². The van der Waals surface area contributed by atoms with Crippen LogP contribution in [0.25, 0.3) is 11.0 Å². The van der Waals surface area contributed by atoms with Gasteiger partial charge in [0.05, 0.1) is 11.4 Å². The third kappa shape index (κ3) is 3.15. The Labute approximate surface area is 180 Å². The Hall–Kier alpha value is -2.27. The van der Waals surface area contributed by atoms with Crippen molar-refractivity contribution in [3.8, 4) is 5.75 Å². The maximum absolute atomic E-state index is 14.5. The first-order valence-corrected chi connectivity index (χ1v) is 10.5. The highest BCUT2D eigenvalue weighted by atomic mass is 79.9. The topological polar surface area (TPSA) is 118 Å². The lowest BCUT2D eigenvalue weighted by Crippen LogP contribution is -2.34. The molecule has 4 unspecified atom stereocenters. The molecule has 5 N–H and O–H groups in total. The summed E-state index contributed by atoms with van der Waals surface area (Å²) >= 11 is 3.52. The molecule has 1 saturated carbocycles. The average Bonchev–Trinajstić information content (AvgIpc) is 3.20. The van der Waals surface area contributed by atoms with E-state index in [4.69, 9.17) is 10.5 Å². The van der Waals surface area contributed by atoms with Gasteiger partial charge in [-0.25, -0.2) is 14.4 Å². The van der Waals surface area contributed by atoms with Gasteiger partial charge in [0.2, 0.25) is 0 Å². The summed E-state index contributed by atoms with van der Waals surface area (Å²) in [5, 5.41) is 24.8. The van der Waals surface area contributed by atoms with Gasteiger partial charge in [-0.05, 0) is 30.7 Å². The Bertz CT molecular complexity index is 1120. The van der Waals surface area contributed by atoms with Crippen molar-refractivity contribution in [1.29, 1.82) is 0 Å². The molecule has 1 fully saturated rings. The average molecular weight is 478 g/mol. The molecule has 158 valence electrons. The van der Waals surface area contributed by atoms with Gasteiger partial charge in [0.1, 0.15) is 41.9 Å². The zero-order valence-electron chi connectivity index (χ0n) is 15.9. The predicted octanol–water partition coefficient (Wildman–Crippen LogP) is 1.67. The number of nitrogens with one attached hydrogen (secondary N) is 1. The monoisotopic (exact) mass is 477 g/mol. The number of aliphatic hydroxyl groups is 2. The standard InChI is InChI=1S/C20H21BrFN5O3/c21-10-3-9-1-2-24-6-11(9)14(4-10)30-15-5-13(17(28)18(15)29)27-7-12(22)16-19(23)25-8-26-20(16)27/h3-4,7-8,13,15,17-18,24,28-29H,1-2,5-6H2,(H2,23,25,26). The van der Waals surface area contributed by atoms with Crippen molar-refractivity contribution in [3.63, 3.8) is 0 Å². The van der Waals surface area contributed by atoms with E-state index in [2.05, 4.69) is 37.3 Å². The second kappa shape index (κ2) is 7.45. The molecular weight excluding hydrogens is 457 g/mol. The number of ether oxygens (including phenoxy) is 1. The van der Waals surface area contributed by atoms with Crippen LogP contribution in [0.2, 0.25) is 0 Å². The Balaban J connectivity index is 1.47. The quantitative estimate of drug-likeness (QED) is 0.453. The normalized spacial score (nSPS) is 26.1. The number of fused-ring (bicyclic) bond motifs is 2. The van der Waals surface area contributed by atoms with Crippen molar-refractivity contribution in [2.45, 2.75) is 43.7 Å². The maximum Gasteiger partial charge on any atom is 0.154 e. The number of nitrogens with zero attached hydrogens (tertiary/aromatic N) is 3. The van der Waals surface area contributed by atoms with Gasteiger partial charge in [-0.1, -0.05) is 15.9 Å². The van der Waals surface area contributed by atoms with Gasteiger partial charge in [-0.15, -0.1) is 0 Å². The second-order valence-corrected chi connectivity index (χ2v) is 8.67. The summed E-state index contributed by atoms with van der Waals surface area (Å²) in [7, 11) is 0. The summed E-state index contributed by atoms with van der Waals surface area (Å²) in [6, 6.07) is 3.33. The van der Waals surface area contributed by atoms with Gasteiger partial charge in [0.15, 0.2) is 5.82 Å². The van der Waals surface area contributed by atoms with E-state index < -0.39 is 30.2 Å². The number of aromatic nitrogens is 3. The fraction of sp³-hybridized carbons (Fsp3) is 0.400. The van der Waals surface area contributed by atoms with Crippen LogP contribution in [0.15, 0.2) is 29.1 Å². The maximum atomic E-state index is 14.5. The van der Waals surface area contributed by atoms with Crippen LogP contribution in [0, 0.1) is 5.82 Å². The molecule has 3 aromatic rings. The Morgan fingerprint density at radius 1 is 1.27 bits per heavy atom. The van der Waals surface area contributed by atoms with Crippen molar-refractivity contribution in [2.75, 3.05) is 12.3 Å². The fourth-order valence-electron chi connectivity index (χ4n) is 4.47. The first-order chi connectivity index (χ1) is 14.4. The molecule has 5 rings (SSSR count). The summed E-state index contributed by atoms with van der Waals surface area (Å²) in [6.45, 7) is 1.57. The van der Waals surface area contributed by atoms with Gasteiger partial charge in [0.25, 0.3) is 0 Å². The predicted molar refractivity (Wildman–Crippen MR) is 112 cm³/mol. The number of hydrogen-bond acceptors (Lipinski definition) is 7. The van der Waals surface area contributed by atoms with Crippen molar-refractivity contribution in [3.05, 3.63) is 46.1 Å². The van der Waals surface area contributed by atoms with Crippen molar-refractivity contribution in [2.24, 2.45) is 0 Å². The Morgan fingerprint density at radius 2 is 2.10 bits per heavy atom. The summed E-state index contributed by atoms with van der Waals surface area (Å²) < 4.78 is 23.0. The number of halogens is 2. The van der Waals surface area contributed by atoms with Crippen molar-refractivity contribution < 1.29 is 19.3 Å². The SMILES string of the molecule is Nc1ncnc2c1c(F)cn2C1CC(Oc2cc(Br)cc3c2CNCC3)C(O)C1O. The van der Waals surface area contributed by atoms with Crippen LogP contribution in [0.4, 0.5) is 10.2 Å². The smallest absolute Gasteiger partial charge is 0.154 e. The Kier molecular flexibility index (Phi) is 4.89. The molecular formula is C20H21BrFN5O3. The highest BCUT2D eigenvalue weighted by Gasteiger charge is 2.45. The molecule has 2 aliphatic rings. The number of nitrogen functional groups attached to an aromatic ring is 1. The lowest BCUT2D eigenvalue weighted by atomic mass is 10.00. The van der Waals surface area contributed by atoms with E-state index >= 15 is 0 Å². The van der Waals surface area contributed by atoms with Gasteiger partial charge in [-0.2, -0.15) is 0 Å². The van der Waals surface area contributed by atoms with Crippen LogP contribution in [0.1, 0.15) is 23.6 Å². The molecule has 3 heterocycles. The van der Waals surface area contributed by atoms with Crippen LogP contribution in [-0.2, 0) is 13.0 Å². The summed E-state index contributed by atoms with van der Waals surface area (Å²) in [6.07, 6.45) is 0.709. The highest BCUT2D eigenvalue weighted by molar-refractivity contribution is 9.10. The second-order valence-electron chi connectivity index (χ2n) is 7.75. The molecule has 4 atom stereocenters. The number of anilines is 1. The van der Waals surface area contributed by atoms with Gasteiger partial charge >= 0.3 is 0 Å². The third-order valence-electron chi connectivity index (χ3n) is 5.97. The first-order valence-electron chi connectivity index (χ1n) is 9.75. The number of hydrogen-bond donors (Lipinski definition) is 4. The van der Waals surface area contributed by atoms with E-state index in [0.29, 0.717) is 12.3 Å². The van der Waals surface area contributed by atoms with Gasteiger partial charge in [-0.3, -0.25) is 0 Å². The van der Waals surface area contributed by atoms with Gasteiger partial charge in [0, 0.05) is 29.2 Å². The molecule has 0 bridgehead atoms. The van der Waals surface area contributed by atoms with E-state index in [0.717, 1.165) is 23.0 Å². The minimum Gasteiger partial charge on any atom is -0.487 e. The first kappa shape index (κ1) is 19.7. The van der Waals surface area contributed by atoms with Crippen LogP contribution in [0.3, 0.4) is 0 Å². The van der Waals surface area contributed by atoms with Crippen molar-refractivity contribution in [1.82, 2.24) is 19.9 Å². The Morgan fingerprint density at radius 3 is 2.93 bits per heavy atom. The molecule has 0 spiro atoms. The molecule has 0 amide bonds. The largest absolute Gasteiger partial charge is 0.487 e. The van der Waals surface area contributed by atoms with E-state index in [-0.39, 0.29) is 23.3 Å². The molecule has 0 saturated heterocycles. The number of nitrogens with two attached hydrogens (primary N) is 1. The van der Waals surface area contributed by atoms with E-state index in [1.165, 1.54) is 22.7 Å². The van der Waals surface area contributed by atoms with E-state index in [1.54, 1.807) is 0 Å². The molecule has 1 aromatic carbocycles. The molecule has 1 aliphatic carbocycles. The number of rotatable bonds is 3. The molecule has 10 heteroatoms. The zero-order valence-corrected chi connectivity index (χ0v) is 17.5. The highest BCUT2D eigenvalue weighted by Crippen LogP contribution is 2.39. The minimum atomic E-state index is -1.15. The van der Waals surface area contributed by atoms with Crippen LogP contribution < -0.4 is 15.8 Å². The molecule has 30 heavy (non-hydrogen) atoms. The third-order valence-corrected chi connectivity index (χ3v) is 6.42. The zero-order chi connectivity index (χ0) is 21.0. The fourth-order valence-corrected chi connectivity index (χ4v) is 4.95. The summed E-state index contributed by atoms with van der Waals surface area (Å²) in [5.74, 6) is 0.130. The van der Waals surface area contributed by atoms with E-state index in [9.17, 15) is 14.6 Å². The van der Waals surface area contributed by atoms with E-state index in [1.807, 2.05) is 6.07 Å².